The monoisotopic (exact) mass is 470 g/mol. The molecule has 0 saturated carbocycles. The van der Waals surface area contributed by atoms with E-state index in [1.807, 2.05) is 27.7 Å². The average molecular weight is 471 g/mol. The molecule has 0 aromatic heterocycles. The summed E-state index contributed by atoms with van der Waals surface area (Å²) >= 11 is 16.3. The Morgan fingerprint density at radius 2 is 1.26 bits per heavy atom. The van der Waals surface area contributed by atoms with Crippen molar-refractivity contribution in [2.24, 2.45) is 0 Å². The van der Waals surface area contributed by atoms with Gasteiger partial charge in [-0.05, 0) is 77.8 Å². The van der Waals surface area contributed by atoms with Gasteiger partial charge in [-0.2, -0.15) is 11.8 Å². The number of hydrogen-bond acceptors (Lipinski definition) is 9. The summed E-state index contributed by atoms with van der Waals surface area (Å²) in [5, 5.41) is 2.32. The first kappa shape index (κ1) is 24.0. The molecule has 4 nitrogen and oxygen atoms in total. The van der Waals surface area contributed by atoms with Crippen LogP contribution >= 0.6 is 59.7 Å². The Hall–Kier alpha value is 0.750. The quantitative estimate of drug-likeness (QED) is 0.332. The predicted molar refractivity (Wildman–Crippen MR) is 126 cm³/mol. The van der Waals surface area contributed by atoms with Gasteiger partial charge in [-0.25, -0.2) is 0 Å². The van der Waals surface area contributed by atoms with E-state index in [0.29, 0.717) is 43.0 Å². The molecule has 27 heavy (non-hydrogen) atoms. The number of rotatable bonds is 8. The molecule has 0 spiro atoms. The van der Waals surface area contributed by atoms with Crippen LogP contribution in [0.2, 0.25) is 0 Å². The molecule has 0 aliphatic carbocycles. The maximum atomic E-state index is 5.68. The molecule has 0 N–H and O–H groups in total. The molecule has 0 amide bonds. The second-order valence-corrected chi connectivity index (χ2v) is 11.6. The van der Waals surface area contributed by atoms with Gasteiger partial charge < -0.3 is 18.9 Å². The van der Waals surface area contributed by atoms with Gasteiger partial charge in [0.25, 0.3) is 0 Å². The molecule has 2 fully saturated rings. The lowest BCUT2D eigenvalue weighted by Crippen LogP contribution is -2.40. The van der Waals surface area contributed by atoms with E-state index in [1.54, 1.807) is 23.5 Å². The lowest BCUT2D eigenvalue weighted by molar-refractivity contribution is -0.0657. The molecule has 156 valence electrons. The van der Waals surface area contributed by atoms with Gasteiger partial charge in [0.15, 0.2) is 12.6 Å². The predicted octanol–water partition coefficient (Wildman–Crippen LogP) is 5.62. The maximum Gasteiger partial charge on any atom is 0.222 e. The molecular formula is C18H30O4S5. The van der Waals surface area contributed by atoms with Crippen LogP contribution in [0, 0.1) is 0 Å². The van der Waals surface area contributed by atoms with Crippen molar-refractivity contribution in [3.63, 3.8) is 0 Å². The van der Waals surface area contributed by atoms with E-state index in [1.165, 1.54) is 25.7 Å². The largest absolute Gasteiger partial charge is 0.449 e. The number of ether oxygens (including phenoxy) is 4. The topological polar surface area (TPSA) is 36.9 Å². The SMILES string of the molecule is CCOC(C)OC(=S)SC1CCC2SC1CCC2SC(=S)OC(C)OCC. The minimum Gasteiger partial charge on any atom is -0.449 e. The average Bonchev–Trinajstić information content (AvgIpc) is 2.59. The zero-order valence-corrected chi connectivity index (χ0v) is 20.5. The van der Waals surface area contributed by atoms with Gasteiger partial charge in [-0.3, -0.25) is 0 Å². The number of hydrogen-bond donors (Lipinski definition) is 0. The Labute approximate surface area is 186 Å². The molecule has 9 heteroatoms. The fraction of sp³-hybridized carbons (Fsp3) is 0.889. The molecule has 2 aliphatic heterocycles. The summed E-state index contributed by atoms with van der Waals surface area (Å²) in [5.74, 6) is 0. The van der Waals surface area contributed by atoms with E-state index in [-0.39, 0.29) is 12.6 Å². The van der Waals surface area contributed by atoms with Crippen molar-refractivity contribution < 1.29 is 18.9 Å². The summed E-state index contributed by atoms with van der Waals surface area (Å²) in [6.07, 6.45) is 4.16. The Kier molecular flexibility index (Phi) is 11.1. The summed E-state index contributed by atoms with van der Waals surface area (Å²) in [7, 11) is 0. The van der Waals surface area contributed by atoms with Gasteiger partial charge in [-0.15, -0.1) is 0 Å². The molecule has 6 atom stereocenters. The second kappa shape index (κ2) is 12.4. The first-order chi connectivity index (χ1) is 12.9. The Balaban J connectivity index is 1.76. The Morgan fingerprint density at radius 1 is 0.852 bits per heavy atom. The van der Waals surface area contributed by atoms with E-state index >= 15 is 0 Å². The highest BCUT2D eigenvalue weighted by atomic mass is 32.2. The highest BCUT2D eigenvalue weighted by Gasteiger charge is 2.41. The van der Waals surface area contributed by atoms with E-state index in [4.69, 9.17) is 43.4 Å². The van der Waals surface area contributed by atoms with Crippen LogP contribution in [0.4, 0.5) is 0 Å². The van der Waals surface area contributed by atoms with Crippen LogP contribution in [0.1, 0.15) is 53.4 Å². The molecule has 2 aliphatic rings. The van der Waals surface area contributed by atoms with Gasteiger partial charge in [0, 0.05) is 34.2 Å². The summed E-state index contributed by atoms with van der Waals surface area (Å²) < 4.78 is 23.4. The van der Waals surface area contributed by atoms with Crippen molar-refractivity contribution in [1.29, 1.82) is 0 Å². The second-order valence-electron chi connectivity index (χ2n) is 6.46. The lowest BCUT2D eigenvalue weighted by Gasteiger charge is -2.43. The van der Waals surface area contributed by atoms with E-state index in [2.05, 4.69) is 11.8 Å². The van der Waals surface area contributed by atoms with Gasteiger partial charge >= 0.3 is 0 Å². The molecular weight excluding hydrogens is 441 g/mol. The maximum absolute atomic E-state index is 5.68. The molecule has 6 unspecified atom stereocenters. The van der Waals surface area contributed by atoms with Gasteiger partial charge in [0.05, 0.1) is 0 Å². The summed E-state index contributed by atoms with van der Waals surface area (Å²) in [4.78, 5) is 0. The first-order valence-corrected chi connectivity index (χ1v) is 13.1. The van der Waals surface area contributed by atoms with Crippen LogP contribution in [-0.2, 0) is 18.9 Å². The van der Waals surface area contributed by atoms with Crippen molar-refractivity contribution in [2.45, 2.75) is 87.0 Å². The van der Waals surface area contributed by atoms with Crippen molar-refractivity contribution >= 4 is 68.5 Å². The third kappa shape index (κ3) is 8.18. The van der Waals surface area contributed by atoms with Crippen LogP contribution in [0.15, 0.2) is 0 Å². The molecule has 2 rings (SSSR count). The van der Waals surface area contributed by atoms with Crippen LogP contribution < -0.4 is 0 Å². The summed E-state index contributed by atoms with van der Waals surface area (Å²) in [6.45, 7) is 8.96. The Morgan fingerprint density at radius 3 is 1.63 bits per heavy atom. The minimum atomic E-state index is -0.272. The standard InChI is InChI=1S/C18H30O4S5/c1-5-19-11(3)21-17(23)26-15-9-7-14-16(10-8-13(15)25-14)27-18(24)22-12(4)20-6-2/h11-16H,5-10H2,1-4H3. The van der Waals surface area contributed by atoms with Crippen molar-refractivity contribution in [1.82, 2.24) is 0 Å². The smallest absolute Gasteiger partial charge is 0.222 e. The van der Waals surface area contributed by atoms with Gasteiger partial charge in [0.2, 0.25) is 8.77 Å². The lowest BCUT2D eigenvalue weighted by atomic mass is 9.98. The highest BCUT2D eigenvalue weighted by molar-refractivity contribution is 8.24. The van der Waals surface area contributed by atoms with Crippen LogP contribution in [0.5, 0.6) is 0 Å². The summed E-state index contributed by atoms with van der Waals surface area (Å²) in [5.41, 5.74) is 0. The van der Waals surface area contributed by atoms with Crippen molar-refractivity contribution in [2.75, 3.05) is 13.2 Å². The zero-order valence-electron chi connectivity index (χ0n) is 16.4. The van der Waals surface area contributed by atoms with E-state index in [0.717, 1.165) is 0 Å². The van der Waals surface area contributed by atoms with E-state index in [9.17, 15) is 0 Å². The minimum absolute atomic E-state index is 0.272. The van der Waals surface area contributed by atoms with Crippen LogP contribution in [-0.4, -0.2) is 55.6 Å². The highest BCUT2D eigenvalue weighted by Crippen LogP contribution is 2.49. The van der Waals surface area contributed by atoms with Gasteiger partial charge in [0.1, 0.15) is 0 Å². The molecule has 0 aromatic rings. The van der Waals surface area contributed by atoms with Crippen LogP contribution in [0.3, 0.4) is 0 Å². The third-order valence-electron chi connectivity index (χ3n) is 4.47. The van der Waals surface area contributed by atoms with E-state index < -0.39 is 0 Å². The fourth-order valence-electron chi connectivity index (χ4n) is 3.32. The molecule has 0 radical (unpaired) electrons. The Bertz CT molecular complexity index is 450. The van der Waals surface area contributed by atoms with Gasteiger partial charge in [-0.1, -0.05) is 23.5 Å². The molecule has 0 aromatic carbocycles. The zero-order chi connectivity index (χ0) is 19.8. The third-order valence-corrected chi connectivity index (χ3v) is 9.73. The summed E-state index contributed by atoms with van der Waals surface area (Å²) in [6, 6.07) is 0. The molecule has 2 heterocycles. The number of fused-ring (bicyclic) bond motifs is 2. The molecule has 2 bridgehead atoms. The normalized spacial score (nSPS) is 29.6. The van der Waals surface area contributed by atoms with Crippen molar-refractivity contribution in [3.8, 4) is 0 Å². The van der Waals surface area contributed by atoms with Crippen LogP contribution in [0.25, 0.3) is 0 Å². The first-order valence-electron chi connectivity index (χ1n) is 9.56. The molecule has 2 saturated heterocycles. The number of thiocarbonyl (C=S) groups is 2. The fourth-order valence-corrected chi connectivity index (χ4v) is 8.62. The van der Waals surface area contributed by atoms with Crippen molar-refractivity contribution in [3.05, 3.63) is 0 Å². The number of thioether (sulfide) groups is 3.